The Balaban J connectivity index is 0.00000300. The van der Waals surface area contributed by atoms with Gasteiger partial charge in [0.25, 0.3) is 0 Å². The van der Waals surface area contributed by atoms with Gasteiger partial charge in [-0.1, -0.05) is 19.9 Å². The molecule has 1 fully saturated rings. The summed E-state index contributed by atoms with van der Waals surface area (Å²) in [5.41, 5.74) is 1.06. The number of likely N-dealkylation sites (tertiary alicyclic amines) is 1. The van der Waals surface area contributed by atoms with Crippen LogP contribution in [0.3, 0.4) is 0 Å². The number of nitrogens with zero attached hydrogens (tertiary/aromatic N) is 5. The molecule has 0 bridgehead atoms. The fourth-order valence-corrected chi connectivity index (χ4v) is 3.30. The maximum atomic E-state index is 12.1. The van der Waals surface area contributed by atoms with E-state index in [-0.39, 0.29) is 41.8 Å². The van der Waals surface area contributed by atoms with E-state index in [2.05, 4.69) is 25.6 Å². The van der Waals surface area contributed by atoms with Gasteiger partial charge < -0.3 is 15.5 Å². The highest BCUT2D eigenvalue weighted by Gasteiger charge is 2.27. The number of carbonyl (C=O) groups is 1. The summed E-state index contributed by atoms with van der Waals surface area (Å²) in [4.78, 5) is 27.1. The van der Waals surface area contributed by atoms with Crippen molar-refractivity contribution in [3.63, 3.8) is 0 Å². The van der Waals surface area contributed by atoms with Gasteiger partial charge in [-0.25, -0.2) is 9.97 Å². The SMILES string of the molecule is CN=C(NCc1ccc(-n2ccnc2C)nc1)NC1CCN(C(=O)C(C)C)C1.I. The lowest BCUT2D eigenvalue weighted by atomic mass is 10.2. The van der Waals surface area contributed by atoms with Crippen LogP contribution in [0.15, 0.2) is 35.7 Å². The number of hydrogen-bond acceptors (Lipinski definition) is 4. The number of pyridine rings is 1. The monoisotopic (exact) mass is 511 g/mol. The smallest absolute Gasteiger partial charge is 0.225 e. The first-order chi connectivity index (χ1) is 13.5. The summed E-state index contributed by atoms with van der Waals surface area (Å²) in [6.07, 6.45) is 6.45. The summed E-state index contributed by atoms with van der Waals surface area (Å²) in [5, 5.41) is 6.73. The van der Waals surface area contributed by atoms with E-state index in [1.165, 1.54) is 0 Å². The summed E-state index contributed by atoms with van der Waals surface area (Å²) >= 11 is 0. The number of guanidine groups is 1. The lowest BCUT2D eigenvalue weighted by Gasteiger charge is -2.20. The minimum Gasteiger partial charge on any atom is -0.352 e. The van der Waals surface area contributed by atoms with Crippen LogP contribution in [0.4, 0.5) is 0 Å². The quantitative estimate of drug-likeness (QED) is 0.365. The van der Waals surface area contributed by atoms with Gasteiger partial charge in [-0.2, -0.15) is 0 Å². The molecule has 3 heterocycles. The van der Waals surface area contributed by atoms with Crippen molar-refractivity contribution >= 4 is 35.8 Å². The van der Waals surface area contributed by atoms with Gasteiger partial charge in [0.15, 0.2) is 5.96 Å². The summed E-state index contributed by atoms with van der Waals surface area (Å²) in [6, 6.07) is 4.24. The average Bonchev–Trinajstić information content (AvgIpc) is 3.33. The first-order valence-corrected chi connectivity index (χ1v) is 9.69. The fourth-order valence-electron chi connectivity index (χ4n) is 3.30. The second kappa shape index (κ2) is 10.6. The number of aryl methyl sites for hydroxylation is 1. The van der Waals surface area contributed by atoms with Gasteiger partial charge >= 0.3 is 0 Å². The summed E-state index contributed by atoms with van der Waals surface area (Å²) in [6.45, 7) is 7.97. The van der Waals surface area contributed by atoms with Crippen LogP contribution in [0.5, 0.6) is 0 Å². The molecule has 0 radical (unpaired) electrons. The van der Waals surface area contributed by atoms with Crippen LogP contribution < -0.4 is 10.6 Å². The molecule has 1 unspecified atom stereocenters. The molecule has 2 aromatic heterocycles. The normalized spacial score (nSPS) is 16.7. The van der Waals surface area contributed by atoms with Crippen molar-refractivity contribution in [1.82, 2.24) is 30.1 Å². The zero-order valence-electron chi connectivity index (χ0n) is 17.4. The molecule has 8 nitrogen and oxygen atoms in total. The Morgan fingerprint density at radius 2 is 2.14 bits per heavy atom. The molecule has 1 aliphatic rings. The van der Waals surface area contributed by atoms with E-state index in [9.17, 15) is 4.79 Å². The van der Waals surface area contributed by atoms with Crippen LogP contribution in [0.1, 0.15) is 31.7 Å². The number of nitrogens with one attached hydrogen (secondary N) is 2. The molecule has 2 N–H and O–H groups in total. The molecule has 9 heteroatoms. The minimum atomic E-state index is 0. The third-order valence-electron chi connectivity index (χ3n) is 4.90. The van der Waals surface area contributed by atoms with Gasteiger partial charge in [-0.15, -0.1) is 24.0 Å². The van der Waals surface area contributed by atoms with Gasteiger partial charge in [-0.3, -0.25) is 14.4 Å². The number of aliphatic imine (C=N–C) groups is 1. The zero-order valence-corrected chi connectivity index (χ0v) is 19.8. The second-order valence-corrected chi connectivity index (χ2v) is 7.36. The van der Waals surface area contributed by atoms with Crippen LogP contribution in [0, 0.1) is 12.8 Å². The largest absolute Gasteiger partial charge is 0.352 e. The molecule has 0 aliphatic carbocycles. The standard InChI is InChI=1S/C20H29N7O.HI/c1-14(2)19(28)26-9-7-17(13-26)25-20(21-4)24-12-16-5-6-18(23-11-16)27-10-8-22-15(27)3;/h5-6,8,10-11,14,17H,7,9,12-13H2,1-4H3,(H2,21,24,25);1H. The van der Waals surface area contributed by atoms with E-state index in [4.69, 9.17) is 0 Å². The van der Waals surface area contributed by atoms with Crippen LogP contribution in [-0.2, 0) is 11.3 Å². The molecule has 1 atom stereocenters. The number of amides is 1. The van der Waals surface area contributed by atoms with Crippen LogP contribution in [0.25, 0.3) is 5.82 Å². The van der Waals surface area contributed by atoms with Gasteiger partial charge in [0.2, 0.25) is 5.91 Å². The lowest BCUT2D eigenvalue weighted by Crippen LogP contribution is -2.45. The maximum absolute atomic E-state index is 12.1. The molecule has 0 spiro atoms. The fraction of sp³-hybridized carbons (Fsp3) is 0.500. The Kier molecular flexibility index (Phi) is 8.42. The highest BCUT2D eigenvalue weighted by molar-refractivity contribution is 14.0. The molecule has 2 aromatic rings. The Labute approximate surface area is 189 Å². The molecular weight excluding hydrogens is 481 g/mol. The van der Waals surface area contributed by atoms with E-state index >= 15 is 0 Å². The van der Waals surface area contributed by atoms with E-state index in [0.29, 0.717) is 6.54 Å². The average molecular weight is 511 g/mol. The predicted octanol–water partition coefficient (Wildman–Crippen LogP) is 2.12. The van der Waals surface area contributed by atoms with Crippen molar-refractivity contribution in [2.45, 2.75) is 39.8 Å². The summed E-state index contributed by atoms with van der Waals surface area (Å²) in [5.74, 6) is 2.74. The molecule has 1 saturated heterocycles. The Morgan fingerprint density at radius 3 is 2.72 bits per heavy atom. The van der Waals surface area contributed by atoms with Gasteiger partial charge in [0, 0.05) is 57.2 Å². The van der Waals surface area contributed by atoms with Crippen molar-refractivity contribution < 1.29 is 4.79 Å². The van der Waals surface area contributed by atoms with Crippen molar-refractivity contribution in [3.05, 3.63) is 42.1 Å². The molecular formula is C20H30IN7O. The highest BCUT2D eigenvalue weighted by atomic mass is 127. The Hall–Kier alpha value is -2.17. The lowest BCUT2D eigenvalue weighted by molar-refractivity contribution is -0.133. The first kappa shape index (κ1) is 23.1. The molecule has 0 aromatic carbocycles. The van der Waals surface area contributed by atoms with Gasteiger partial charge in [-0.05, 0) is 25.0 Å². The molecule has 158 valence electrons. The van der Waals surface area contributed by atoms with E-state index in [0.717, 1.165) is 42.7 Å². The van der Waals surface area contributed by atoms with Gasteiger partial charge in [0.1, 0.15) is 11.6 Å². The molecule has 1 aliphatic heterocycles. The minimum absolute atomic E-state index is 0. The summed E-state index contributed by atoms with van der Waals surface area (Å²) < 4.78 is 1.95. The van der Waals surface area contributed by atoms with E-state index in [1.807, 2.05) is 54.8 Å². The Morgan fingerprint density at radius 1 is 1.34 bits per heavy atom. The van der Waals surface area contributed by atoms with Gasteiger partial charge in [0.05, 0.1) is 0 Å². The first-order valence-electron chi connectivity index (χ1n) is 9.69. The van der Waals surface area contributed by atoms with Crippen molar-refractivity contribution in [2.24, 2.45) is 10.9 Å². The van der Waals surface area contributed by atoms with Crippen molar-refractivity contribution in [1.29, 1.82) is 0 Å². The zero-order chi connectivity index (χ0) is 20.1. The number of carbonyl (C=O) groups excluding carboxylic acids is 1. The third-order valence-corrected chi connectivity index (χ3v) is 4.90. The number of rotatable bonds is 5. The molecule has 0 saturated carbocycles. The summed E-state index contributed by atoms with van der Waals surface area (Å²) in [7, 11) is 1.75. The molecule has 3 rings (SSSR count). The number of hydrogen-bond donors (Lipinski definition) is 2. The number of halogens is 1. The van der Waals surface area contributed by atoms with Crippen LogP contribution >= 0.6 is 24.0 Å². The van der Waals surface area contributed by atoms with Crippen molar-refractivity contribution in [2.75, 3.05) is 20.1 Å². The topological polar surface area (TPSA) is 87.4 Å². The van der Waals surface area contributed by atoms with E-state index < -0.39 is 0 Å². The second-order valence-electron chi connectivity index (χ2n) is 7.36. The number of aromatic nitrogens is 3. The predicted molar refractivity (Wildman–Crippen MR) is 125 cm³/mol. The third kappa shape index (κ3) is 5.91. The van der Waals surface area contributed by atoms with Crippen LogP contribution in [-0.4, -0.2) is 57.5 Å². The Bertz CT molecular complexity index is 832. The maximum Gasteiger partial charge on any atom is 0.225 e. The molecule has 29 heavy (non-hydrogen) atoms. The van der Waals surface area contributed by atoms with Crippen molar-refractivity contribution in [3.8, 4) is 5.82 Å². The highest BCUT2D eigenvalue weighted by Crippen LogP contribution is 2.13. The van der Waals surface area contributed by atoms with Crippen LogP contribution in [0.2, 0.25) is 0 Å². The molecule has 1 amide bonds. The van der Waals surface area contributed by atoms with E-state index in [1.54, 1.807) is 13.2 Å². The number of imidazole rings is 1.